The second-order valence-corrected chi connectivity index (χ2v) is 3.91. The van der Waals surface area contributed by atoms with Crippen LogP contribution in [-0.2, 0) is 11.3 Å². The number of nitrogens with one attached hydrogen (secondary N) is 1. The van der Waals surface area contributed by atoms with Crippen molar-refractivity contribution in [1.82, 2.24) is 0 Å². The average molecular weight is 274 g/mol. The molecule has 1 N–H and O–H groups in total. The number of nitrogens with zero attached hydrogens (tertiary/aromatic N) is 1. The summed E-state index contributed by atoms with van der Waals surface area (Å²) in [5.74, 6) is -0.430. The summed E-state index contributed by atoms with van der Waals surface area (Å²) in [6, 6.07) is 8.83. The van der Waals surface area contributed by atoms with Gasteiger partial charge >= 0.3 is 5.97 Å². The molecular weight excluding hydrogens is 263 g/mol. The van der Waals surface area contributed by atoms with Crippen LogP contribution in [-0.4, -0.2) is 13.1 Å². The summed E-state index contributed by atoms with van der Waals surface area (Å²) in [5.41, 5.74) is 0.521. The monoisotopic (exact) mass is 274 g/mol. The third kappa shape index (κ3) is 2.95. The molecule has 0 aliphatic heterocycles. The van der Waals surface area contributed by atoms with Crippen molar-refractivity contribution in [3.8, 4) is 6.07 Å². The normalized spacial score (nSPS) is 9.85. The summed E-state index contributed by atoms with van der Waals surface area (Å²) in [4.78, 5) is 11.6. The van der Waals surface area contributed by atoms with Crippen molar-refractivity contribution in [2.75, 3.05) is 12.4 Å². The van der Waals surface area contributed by atoms with Gasteiger partial charge in [-0.3, -0.25) is 0 Å². The standard InChI is InChI=1S/C14H11FN2O3/c1-19-14(18)12-6-9(15)2-5-13(12)17-8-11-4-3-10(7-16)20-11/h2-6,17H,8H2,1H3. The summed E-state index contributed by atoms with van der Waals surface area (Å²) >= 11 is 0. The molecule has 0 atom stereocenters. The molecule has 0 amide bonds. The van der Waals surface area contributed by atoms with E-state index >= 15 is 0 Å². The number of hydrogen-bond acceptors (Lipinski definition) is 5. The summed E-state index contributed by atoms with van der Waals surface area (Å²) in [6.45, 7) is 0.261. The molecule has 20 heavy (non-hydrogen) atoms. The van der Waals surface area contributed by atoms with Gasteiger partial charge in [-0.15, -0.1) is 0 Å². The summed E-state index contributed by atoms with van der Waals surface area (Å²) < 4.78 is 23.0. The number of carbonyl (C=O) groups excluding carboxylic acids is 1. The first-order valence-corrected chi connectivity index (χ1v) is 5.74. The van der Waals surface area contributed by atoms with Gasteiger partial charge < -0.3 is 14.5 Å². The number of methoxy groups -OCH3 is 1. The van der Waals surface area contributed by atoms with Gasteiger partial charge in [0.15, 0.2) is 0 Å². The van der Waals surface area contributed by atoms with E-state index < -0.39 is 11.8 Å². The number of furan rings is 1. The highest BCUT2D eigenvalue weighted by atomic mass is 19.1. The third-order valence-corrected chi connectivity index (χ3v) is 2.61. The Hall–Kier alpha value is -2.81. The molecule has 5 nitrogen and oxygen atoms in total. The van der Waals surface area contributed by atoms with Gasteiger partial charge in [0.25, 0.3) is 0 Å². The van der Waals surface area contributed by atoms with Crippen LogP contribution >= 0.6 is 0 Å². The number of halogens is 1. The Labute approximate surface area is 114 Å². The number of hydrogen-bond donors (Lipinski definition) is 1. The van der Waals surface area contributed by atoms with E-state index in [1.807, 2.05) is 6.07 Å². The van der Waals surface area contributed by atoms with E-state index in [2.05, 4.69) is 10.1 Å². The Balaban J connectivity index is 2.17. The number of carbonyl (C=O) groups is 1. The zero-order chi connectivity index (χ0) is 14.5. The number of ether oxygens (including phenoxy) is 1. The fourth-order valence-corrected chi connectivity index (χ4v) is 1.66. The highest BCUT2D eigenvalue weighted by molar-refractivity contribution is 5.95. The maximum Gasteiger partial charge on any atom is 0.340 e. The van der Waals surface area contributed by atoms with Crippen LogP contribution in [0.4, 0.5) is 10.1 Å². The number of nitriles is 1. The first kappa shape index (κ1) is 13.6. The molecule has 1 aromatic carbocycles. The number of benzene rings is 1. The molecule has 6 heteroatoms. The largest absolute Gasteiger partial charge is 0.465 e. The van der Waals surface area contributed by atoms with Crippen molar-refractivity contribution in [3.05, 3.63) is 53.2 Å². The Bertz CT molecular complexity index is 673. The molecule has 0 saturated carbocycles. The molecule has 0 aliphatic carbocycles. The fraction of sp³-hybridized carbons (Fsp3) is 0.143. The van der Waals surface area contributed by atoms with Crippen molar-refractivity contribution < 1.29 is 18.3 Å². The van der Waals surface area contributed by atoms with E-state index in [1.54, 1.807) is 12.1 Å². The zero-order valence-corrected chi connectivity index (χ0v) is 10.6. The van der Waals surface area contributed by atoms with Gasteiger partial charge in [-0.25, -0.2) is 9.18 Å². The highest BCUT2D eigenvalue weighted by Gasteiger charge is 2.13. The quantitative estimate of drug-likeness (QED) is 0.867. The zero-order valence-electron chi connectivity index (χ0n) is 10.6. The van der Waals surface area contributed by atoms with E-state index in [4.69, 9.17) is 9.68 Å². The summed E-state index contributed by atoms with van der Waals surface area (Å²) in [7, 11) is 1.22. The predicted octanol–water partition coefficient (Wildman–Crippen LogP) is 2.69. The van der Waals surface area contributed by atoms with Gasteiger partial charge in [-0.2, -0.15) is 5.26 Å². The first-order valence-electron chi connectivity index (χ1n) is 5.74. The van der Waals surface area contributed by atoms with E-state index in [-0.39, 0.29) is 17.9 Å². The lowest BCUT2D eigenvalue weighted by atomic mass is 10.1. The maximum atomic E-state index is 13.2. The minimum Gasteiger partial charge on any atom is -0.465 e. The maximum absolute atomic E-state index is 13.2. The van der Waals surface area contributed by atoms with Crippen molar-refractivity contribution in [2.45, 2.75) is 6.54 Å². The molecule has 0 unspecified atom stereocenters. The van der Waals surface area contributed by atoms with Gasteiger partial charge in [-0.1, -0.05) is 0 Å². The van der Waals surface area contributed by atoms with Crippen LogP contribution in [0.15, 0.2) is 34.7 Å². The second-order valence-electron chi connectivity index (χ2n) is 3.91. The minimum absolute atomic E-state index is 0.0968. The molecule has 0 spiro atoms. The smallest absolute Gasteiger partial charge is 0.340 e. The topological polar surface area (TPSA) is 75.3 Å². The predicted molar refractivity (Wildman–Crippen MR) is 68.5 cm³/mol. The highest BCUT2D eigenvalue weighted by Crippen LogP contribution is 2.19. The molecule has 0 aliphatic rings. The molecule has 102 valence electrons. The van der Waals surface area contributed by atoms with E-state index in [0.717, 1.165) is 6.07 Å². The van der Waals surface area contributed by atoms with Crippen molar-refractivity contribution in [2.24, 2.45) is 0 Å². The van der Waals surface area contributed by atoms with Crippen LogP contribution < -0.4 is 5.32 Å². The van der Waals surface area contributed by atoms with Crippen LogP contribution in [0.2, 0.25) is 0 Å². The first-order chi connectivity index (χ1) is 9.63. The van der Waals surface area contributed by atoms with E-state index in [9.17, 15) is 9.18 Å². The van der Waals surface area contributed by atoms with E-state index in [0.29, 0.717) is 11.4 Å². The summed E-state index contributed by atoms with van der Waals surface area (Å²) in [6.07, 6.45) is 0. The second kappa shape index (κ2) is 5.89. The lowest BCUT2D eigenvalue weighted by Crippen LogP contribution is -2.08. The van der Waals surface area contributed by atoms with Gasteiger partial charge in [0.2, 0.25) is 5.76 Å². The van der Waals surface area contributed by atoms with Crippen LogP contribution in [0.25, 0.3) is 0 Å². The minimum atomic E-state index is -0.635. The number of anilines is 1. The molecule has 0 saturated heterocycles. The lowest BCUT2D eigenvalue weighted by Gasteiger charge is -2.09. The Kier molecular flexibility index (Phi) is 4.01. The summed E-state index contributed by atoms with van der Waals surface area (Å²) in [5, 5.41) is 11.6. The van der Waals surface area contributed by atoms with Crippen LogP contribution in [0.5, 0.6) is 0 Å². The third-order valence-electron chi connectivity index (χ3n) is 2.61. The fourth-order valence-electron chi connectivity index (χ4n) is 1.66. The van der Waals surface area contributed by atoms with Crippen molar-refractivity contribution >= 4 is 11.7 Å². The van der Waals surface area contributed by atoms with Gasteiger partial charge in [-0.05, 0) is 30.3 Å². The Morgan fingerprint density at radius 3 is 2.90 bits per heavy atom. The van der Waals surface area contributed by atoms with Gasteiger partial charge in [0.1, 0.15) is 17.6 Å². The molecule has 0 bridgehead atoms. The molecule has 0 fully saturated rings. The molecular formula is C14H11FN2O3. The molecule has 2 aromatic rings. The molecule has 0 radical (unpaired) electrons. The van der Waals surface area contributed by atoms with Crippen LogP contribution in [0.3, 0.4) is 0 Å². The molecule has 1 heterocycles. The van der Waals surface area contributed by atoms with Gasteiger partial charge in [0, 0.05) is 5.69 Å². The average Bonchev–Trinajstić information content (AvgIpc) is 2.93. The van der Waals surface area contributed by atoms with Gasteiger partial charge in [0.05, 0.1) is 19.2 Å². The van der Waals surface area contributed by atoms with Crippen LogP contribution in [0.1, 0.15) is 21.9 Å². The van der Waals surface area contributed by atoms with Crippen molar-refractivity contribution in [1.29, 1.82) is 5.26 Å². The SMILES string of the molecule is COC(=O)c1cc(F)ccc1NCc1ccc(C#N)o1. The number of rotatable bonds is 4. The molecule has 2 rings (SSSR count). The number of esters is 1. The molecule has 1 aromatic heterocycles. The Morgan fingerprint density at radius 1 is 1.45 bits per heavy atom. The van der Waals surface area contributed by atoms with E-state index in [1.165, 1.54) is 19.2 Å². The van der Waals surface area contributed by atoms with Crippen LogP contribution in [0, 0.1) is 17.1 Å². The Morgan fingerprint density at radius 2 is 2.25 bits per heavy atom. The van der Waals surface area contributed by atoms with Crippen molar-refractivity contribution in [3.63, 3.8) is 0 Å². The lowest BCUT2D eigenvalue weighted by molar-refractivity contribution is 0.0601.